The second kappa shape index (κ2) is 10.8. The molecule has 0 spiro atoms. The number of halogens is 2. The molecule has 0 radical (unpaired) electrons. The highest BCUT2D eigenvalue weighted by atomic mass is 35.5. The van der Waals surface area contributed by atoms with Crippen molar-refractivity contribution in [2.45, 2.75) is 13.0 Å². The van der Waals surface area contributed by atoms with Crippen LogP contribution < -0.4 is 19.6 Å². The monoisotopic (exact) mass is 532 g/mol. The van der Waals surface area contributed by atoms with Crippen molar-refractivity contribution in [3.63, 3.8) is 0 Å². The predicted octanol–water partition coefficient (Wildman–Crippen LogP) is 3.74. The van der Waals surface area contributed by atoms with Crippen LogP contribution in [0.2, 0.25) is 10.0 Å². The zero-order valence-electron chi connectivity index (χ0n) is 19.2. The highest BCUT2D eigenvalue weighted by Crippen LogP contribution is 2.35. The number of esters is 1. The summed E-state index contributed by atoms with van der Waals surface area (Å²) in [5.41, 5.74) is 1.69. The number of methoxy groups -OCH3 is 2. The molecule has 4 rings (SSSR count). The van der Waals surface area contributed by atoms with E-state index in [4.69, 9.17) is 37.4 Å². The van der Waals surface area contributed by atoms with E-state index in [2.05, 4.69) is 4.99 Å². The molecular weight excluding hydrogens is 511 g/mol. The van der Waals surface area contributed by atoms with Crippen molar-refractivity contribution in [3.8, 4) is 5.75 Å². The first-order chi connectivity index (χ1) is 16.8. The summed E-state index contributed by atoms with van der Waals surface area (Å²) in [6.45, 7) is 2.05. The molecule has 0 N–H and O–H groups in total. The summed E-state index contributed by atoms with van der Waals surface area (Å²) in [4.78, 5) is 31.9. The first-order valence-electron chi connectivity index (χ1n) is 10.6. The first-order valence-corrected chi connectivity index (χ1v) is 12.2. The molecule has 0 fully saturated rings. The van der Waals surface area contributed by atoms with Crippen LogP contribution in [0.1, 0.15) is 24.1 Å². The molecule has 0 aliphatic carbocycles. The van der Waals surface area contributed by atoms with Gasteiger partial charge in [0, 0.05) is 22.7 Å². The highest BCUT2D eigenvalue weighted by Gasteiger charge is 2.35. The Hall–Kier alpha value is -2.91. The summed E-state index contributed by atoms with van der Waals surface area (Å²) in [6, 6.07) is 11.5. The van der Waals surface area contributed by atoms with Crippen molar-refractivity contribution in [1.29, 1.82) is 0 Å². The minimum Gasteiger partial charge on any atom is -0.496 e. The van der Waals surface area contributed by atoms with Gasteiger partial charge in [0.25, 0.3) is 5.56 Å². The summed E-state index contributed by atoms with van der Waals surface area (Å²) in [7, 11) is 3.06. The molecule has 3 aromatic rings. The summed E-state index contributed by atoms with van der Waals surface area (Å²) >= 11 is 13.6. The lowest BCUT2D eigenvalue weighted by Crippen LogP contribution is -2.40. The molecule has 0 bridgehead atoms. The van der Waals surface area contributed by atoms with E-state index in [9.17, 15) is 9.59 Å². The summed E-state index contributed by atoms with van der Waals surface area (Å²) in [6.07, 6.45) is 1.69. The Kier molecular flexibility index (Phi) is 7.76. The van der Waals surface area contributed by atoms with E-state index in [1.807, 2.05) is 18.2 Å². The molecule has 1 aliphatic rings. The van der Waals surface area contributed by atoms with Crippen LogP contribution >= 0.6 is 34.5 Å². The minimum absolute atomic E-state index is 0.0737. The van der Waals surface area contributed by atoms with Gasteiger partial charge in [0.2, 0.25) is 0 Å². The van der Waals surface area contributed by atoms with Crippen LogP contribution in [0.25, 0.3) is 6.08 Å². The molecule has 2 heterocycles. The second-order valence-electron chi connectivity index (χ2n) is 7.62. The third-order valence-corrected chi connectivity index (χ3v) is 6.99. The number of para-hydroxylation sites is 1. The van der Waals surface area contributed by atoms with Crippen molar-refractivity contribution in [3.05, 3.63) is 94.6 Å². The number of allylic oxidation sites excluding steroid dienone is 1. The van der Waals surface area contributed by atoms with Crippen molar-refractivity contribution in [2.75, 3.05) is 27.4 Å². The smallest absolute Gasteiger partial charge is 0.338 e. The van der Waals surface area contributed by atoms with Crippen LogP contribution in [-0.4, -0.2) is 38.0 Å². The van der Waals surface area contributed by atoms with E-state index in [1.54, 1.807) is 37.3 Å². The minimum atomic E-state index is -0.791. The van der Waals surface area contributed by atoms with Crippen molar-refractivity contribution < 1.29 is 19.0 Å². The third-order valence-electron chi connectivity index (χ3n) is 5.44. The number of fused-ring (bicyclic) bond motifs is 1. The summed E-state index contributed by atoms with van der Waals surface area (Å²) < 4.78 is 17.9. The maximum atomic E-state index is 13.7. The Morgan fingerprint density at radius 1 is 1.17 bits per heavy atom. The van der Waals surface area contributed by atoms with E-state index in [0.29, 0.717) is 42.0 Å². The van der Waals surface area contributed by atoms with Crippen molar-refractivity contribution in [2.24, 2.45) is 4.99 Å². The van der Waals surface area contributed by atoms with E-state index < -0.39 is 12.0 Å². The Labute approximate surface area is 215 Å². The largest absolute Gasteiger partial charge is 0.496 e. The average Bonchev–Trinajstić information content (AvgIpc) is 3.14. The van der Waals surface area contributed by atoms with Crippen LogP contribution in [0.4, 0.5) is 0 Å². The number of thiazole rings is 1. The maximum Gasteiger partial charge on any atom is 0.338 e. The molecule has 0 saturated carbocycles. The number of nitrogens with zero attached hydrogens (tertiary/aromatic N) is 2. The Morgan fingerprint density at radius 3 is 2.66 bits per heavy atom. The Morgan fingerprint density at radius 2 is 1.94 bits per heavy atom. The van der Waals surface area contributed by atoms with Gasteiger partial charge in [0.1, 0.15) is 18.4 Å². The molecule has 182 valence electrons. The molecule has 1 atom stereocenters. The molecule has 2 aromatic carbocycles. The van der Waals surface area contributed by atoms with Gasteiger partial charge in [-0.2, -0.15) is 0 Å². The fourth-order valence-electron chi connectivity index (χ4n) is 3.82. The fourth-order valence-corrected chi connectivity index (χ4v) is 5.33. The predicted molar refractivity (Wildman–Crippen MR) is 136 cm³/mol. The molecule has 35 heavy (non-hydrogen) atoms. The number of hydrogen-bond acceptors (Lipinski definition) is 7. The average molecular weight is 533 g/mol. The normalized spacial score (nSPS) is 15.6. The van der Waals surface area contributed by atoms with Gasteiger partial charge < -0.3 is 14.2 Å². The van der Waals surface area contributed by atoms with Gasteiger partial charge in [-0.25, -0.2) is 9.79 Å². The SMILES string of the molecule is COCCOC(=O)C1=C(C)N=c2sc(=Cc3ccc(Cl)cc3Cl)c(=O)n2C1c1ccccc1OC. The number of hydrogen-bond donors (Lipinski definition) is 0. The Bertz CT molecular complexity index is 1490. The molecule has 0 amide bonds. The topological polar surface area (TPSA) is 79.1 Å². The molecular formula is C25H22Cl2N2O5S. The van der Waals surface area contributed by atoms with E-state index in [-0.39, 0.29) is 24.3 Å². The number of benzene rings is 2. The van der Waals surface area contributed by atoms with E-state index in [1.165, 1.54) is 30.1 Å². The number of carbonyl (C=O) groups is 1. The Balaban J connectivity index is 1.93. The molecule has 1 aliphatic heterocycles. The molecule has 0 saturated heterocycles. The molecule has 1 aromatic heterocycles. The highest BCUT2D eigenvalue weighted by molar-refractivity contribution is 7.07. The molecule has 7 nitrogen and oxygen atoms in total. The standard InChI is InChI=1S/C25H22Cl2N2O5S/c1-14-21(24(31)34-11-10-32-2)22(17-6-4-5-7-19(17)33-3)29-23(30)20(35-25(29)28-14)12-15-8-9-16(26)13-18(15)27/h4-9,12-13,22H,10-11H2,1-3H3. The zero-order chi connectivity index (χ0) is 25.1. The quantitative estimate of drug-likeness (QED) is 0.342. The molecule has 10 heteroatoms. The number of carbonyl (C=O) groups excluding carboxylic acids is 1. The lowest BCUT2D eigenvalue weighted by molar-refractivity contribution is -0.140. The van der Waals surface area contributed by atoms with E-state index >= 15 is 0 Å². The van der Waals surface area contributed by atoms with Crippen LogP contribution in [0.3, 0.4) is 0 Å². The van der Waals surface area contributed by atoms with Gasteiger partial charge in [0.05, 0.1) is 29.5 Å². The van der Waals surface area contributed by atoms with Gasteiger partial charge in [-0.1, -0.05) is 58.8 Å². The zero-order valence-corrected chi connectivity index (χ0v) is 21.5. The van der Waals surface area contributed by atoms with Gasteiger partial charge >= 0.3 is 5.97 Å². The second-order valence-corrected chi connectivity index (χ2v) is 9.47. The number of rotatable bonds is 7. The fraction of sp³-hybridized carbons (Fsp3) is 0.240. The lowest BCUT2D eigenvalue weighted by atomic mass is 9.95. The van der Waals surface area contributed by atoms with E-state index in [0.717, 1.165) is 0 Å². The van der Waals surface area contributed by atoms with Crippen LogP contribution in [0.15, 0.2) is 63.5 Å². The number of aromatic nitrogens is 1. The first kappa shape index (κ1) is 25.2. The maximum absolute atomic E-state index is 13.7. The van der Waals surface area contributed by atoms with Crippen molar-refractivity contribution >= 4 is 46.6 Å². The van der Waals surface area contributed by atoms with Gasteiger partial charge in [-0.15, -0.1) is 0 Å². The van der Waals surface area contributed by atoms with Crippen molar-refractivity contribution in [1.82, 2.24) is 4.57 Å². The number of ether oxygens (including phenoxy) is 3. The summed E-state index contributed by atoms with van der Waals surface area (Å²) in [5, 5.41) is 0.917. The van der Waals surface area contributed by atoms with Crippen LogP contribution in [0.5, 0.6) is 5.75 Å². The van der Waals surface area contributed by atoms with Gasteiger partial charge in [-0.05, 0) is 36.8 Å². The molecule has 1 unspecified atom stereocenters. The van der Waals surface area contributed by atoms with Gasteiger partial charge in [0.15, 0.2) is 4.80 Å². The van der Waals surface area contributed by atoms with Gasteiger partial charge in [-0.3, -0.25) is 9.36 Å². The lowest BCUT2D eigenvalue weighted by Gasteiger charge is -2.26. The van der Waals surface area contributed by atoms with Crippen LogP contribution in [0, 0.1) is 0 Å². The van der Waals surface area contributed by atoms with Crippen LogP contribution in [-0.2, 0) is 14.3 Å². The third kappa shape index (κ3) is 5.06. The summed E-state index contributed by atoms with van der Waals surface area (Å²) in [5.74, 6) is -0.0426.